The SMILES string of the molecule is Cc1ccc2c(c1)OC(C)(C)CC2NC(=O)C(C)(C)C. The average molecular weight is 275 g/mol. The number of aryl methyl sites for hydroxylation is 1. The predicted molar refractivity (Wildman–Crippen MR) is 80.8 cm³/mol. The molecule has 1 heterocycles. The third-order valence-corrected chi connectivity index (χ3v) is 3.61. The molecule has 0 bridgehead atoms. The Morgan fingerprint density at radius 3 is 2.60 bits per heavy atom. The fraction of sp³-hybridized carbons (Fsp3) is 0.588. The highest BCUT2D eigenvalue weighted by Crippen LogP contribution is 2.40. The second-order valence-electron chi connectivity index (χ2n) is 7.38. The normalized spacial score (nSPS) is 20.8. The average Bonchev–Trinajstić information content (AvgIpc) is 2.25. The first-order valence-electron chi connectivity index (χ1n) is 7.19. The smallest absolute Gasteiger partial charge is 0.225 e. The summed E-state index contributed by atoms with van der Waals surface area (Å²) in [5.41, 5.74) is 1.60. The van der Waals surface area contributed by atoms with Gasteiger partial charge in [-0.1, -0.05) is 32.9 Å². The van der Waals surface area contributed by atoms with Crippen LogP contribution in [0.25, 0.3) is 0 Å². The maximum absolute atomic E-state index is 12.3. The van der Waals surface area contributed by atoms with Crippen LogP contribution in [-0.4, -0.2) is 11.5 Å². The molecule has 3 heteroatoms. The summed E-state index contributed by atoms with van der Waals surface area (Å²) < 4.78 is 6.05. The highest BCUT2D eigenvalue weighted by Gasteiger charge is 2.36. The predicted octanol–water partition coefficient (Wildman–Crippen LogP) is 3.76. The molecular weight excluding hydrogens is 250 g/mol. The lowest BCUT2D eigenvalue weighted by atomic mass is 9.87. The van der Waals surface area contributed by atoms with Crippen molar-refractivity contribution in [2.75, 3.05) is 0 Å². The van der Waals surface area contributed by atoms with E-state index in [4.69, 9.17) is 4.74 Å². The third-order valence-electron chi connectivity index (χ3n) is 3.61. The molecule has 1 N–H and O–H groups in total. The number of hydrogen-bond acceptors (Lipinski definition) is 2. The lowest BCUT2D eigenvalue weighted by molar-refractivity contribution is -0.129. The van der Waals surface area contributed by atoms with Crippen molar-refractivity contribution in [1.29, 1.82) is 0 Å². The minimum absolute atomic E-state index is 0.0149. The van der Waals surface area contributed by atoms with E-state index in [0.717, 1.165) is 17.7 Å². The summed E-state index contributed by atoms with van der Waals surface area (Å²) in [6.07, 6.45) is 0.783. The van der Waals surface area contributed by atoms with E-state index < -0.39 is 0 Å². The zero-order chi connectivity index (χ0) is 15.1. The largest absolute Gasteiger partial charge is 0.487 e. The lowest BCUT2D eigenvalue weighted by Crippen LogP contribution is -2.44. The van der Waals surface area contributed by atoms with Gasteiger partial charge in [0.2, 0.25) is 5.91 Å². The van der Waals surface area contributed by atoms with Gasteiger partial charge in [-0.2, -0.15) is 0 Å². The van der Waals surface area contributed by atoms with Crippen molar-refractivity contribution in [1.82, 2.24) is 5.32 Å². The van der Waals surface area contributed by atoms with Crippen LogP contribution in [0.15, 0.2) is 18.2 Å². The first-order chi connectivity index (χ1) is 9.08. The van der Waals surface area contributed by atoms with E-state index in [2.05, 4.69) is 31.3 Å². The van der Waals surface area contributed by atoms with Crippen molar-refractivity contribution >= 4 is 5.91 Å². The van der Waals surface area contributed by atoms with E-state index in [1.54, 1.807) is 0 Å². The quantitative estimate of drug-likeness (QED) is 0.847. The van der Waals surface area contributed by atoms with Gasteiger partial charge in [-0.15, -0.1) is 0 Å². The Morgan fingerprint density at radius 2 is 2.00 bits per heavy atom. The molecule has 1 atom stereocenters. The molecule has 0 saturated carbocycles. The van der Waals surface area contributed by atoms with Gasteiger partial charge in [0.05, 0.1) is 6.04 Å². The van der Waals surface area contributed by atoms with Gasteiger partial charge in [0.25, 0.3) is 0 Å². The van der Waals surface area contributed by atoms with Crippen molar-refractivity contribution in [3.8, 4) is 5.75 Å². The van der Waals surface area contributed by atoms with Crippen LogP contribution in [0.4, 0.5) is 0 Å². The fourth-order valence-electron chi connectivity index (χ4n) is 2.46. The van der Waals surface area contributed by atoms with Gasteiger partial charge in [0.1, 0.15) is 11.4 Å². The second kappa shape index (κ2) is 4.80. The molecule has 20 heavy (non-hydrogen) atoms. The van der Waals surface area contributed by atoms with Crippen LogP contribution in [0, 0.1) is 12.3 Å². The molecule has 0 radical (unpaired) electrons. The summed E-state index contributed by atoms with van der Waals surface area (Å²) in [5.74, 6) is 0.965. The minimum atomic E-state index is -0.382. The first kappa shape index (κ1) is 14.9. The topological polar surface area (TPSA) is 38.3 Å². The molecular formula is C17H25NO2. The number of amides is 1. The molecule has 0 spiro atoms. The number of carbonyl (C=O) groups is 1. The Balaban J connectivity index is 2.33. The molecule has 2 rings (SSSR count). The van der Waals surface area contributed by atoms with Gasteiger partial charge < -0.3 is 10.1 Å². The maximum atomic E-state index is 12.3. The number of ether oxygens (including phenoxy) is 1. The number of carbonyl (C=O) groups excluding carboxylic acids is 1. The second-order valence-corrected chi connectivity index (χ2v) is 7.38. The Morgan fingerprint density at radius 1 is 1.35 bits per heavy atom. The summed E-state index contributed by atoms with van der Waals surface area (Å²) in [7, 11) is 0. The van der Waals surface area contributed by atoms with Crippen molar-refractivity contribution in [3.63, 3.8) is 0 Å². The summed E-state index contributed by atoms with van der Waals surface area (Å²) in [5, 5.41) is 3.17. The Hall–Kier alpha value is -1.51. The van der Waals surface area contributed by atoms with Gasteiger partial charge in [-0.05, 0) is 32.4 Å². The zero-order valence-corrected chi connectivity index (χ0v) is 13.3. The lowest BCUT2D eigenvalue weighted by Gasteiger charge is -2.39. The van der Waals surface area contributed by atoms with Crippen molar-refractivity contribution in [3.05, 3.63) is 29.3 Å². The van der Waals surface area contributed by atoms with E-state index in [9.17, 15) is 4.79 Å². The van der Waals surface area contributed by atoms with Crippen molar-refractivity contribution in [2.45, 2.75) is 59.6 Å². The van der Waals surface area contributed by atoms with Crippen LogP contribution in [0.2, 0.25) is 0 Å². The molecule has 1 aliphatic heterocycles. The van der Waals surface area contributed by atoms with E-state index in [-0.39, 0.29) is 23.0 Å². The number of fused-ring (bicyclic) bond motifs is 1. The minimum Gasteiger partial charge on any atom is -0.487 e. The number of benzene rings is 1. The van der Waals surface area contributed by atoms with Crippen LogP contribution in [-0.2, 0) is 4.79 Å². The maximum Gasteiger partial charge on any atom is 0.225 e. The highest BCUT2D eigenvalue weighted by atomic mass is 16.5. The summed E-state index contributed by atoms with van der Waals surface area (Å²) in [6.45, 7) is 12.0. The van der Waals surface area contributed by atoms with Gasteiger partial charge in [0.15, 0.2) is 0 Å². The fourth-order valence-corrected chi connectivity index (χ4v) is 2.46. The molecule has 1 aromatic rings. The molecule has 1 aliphatic rings. The van der Waals surface area contributed by atoms with Gasteiger partial charge in [-0.3, -0.25) is 4.79 Å². The third kappa shape index (κ3) is 3.14. The Kier molecular flexibility index (Phi) is 3.57. The van der Waals surface area contributed by atoms with E-state index >= 15 is 0 Å². The van der Waals surface area contributed by atoms with E-state index in [1.165, 1.54) is 5.56 Å². The molecule has 0 fully saturated rings. The van der Waals surface area contributed by atoms with Crippen LogP contribution in [0.3, 0.4) is 0 Å². The first-order valence-corrected chi connectivity index (χ1v) is 7.19. The molecule has 1 amide bonds. The molecule has 0 saturated heterocycles. The Labute approximate surface area is 121 Å². The number of rotatable bonds is 1. The summed E-state index contributed by atoms with van der Waals surface area (Å²) in [4.78, 5) is 12.3. The molecule has 0 aromatic heterocycles. The van der Waals surface area contributed by atoms with Crippen LogP contribution in [0.5, 0.6) is 5.75 Å². The molecule has 3 nitrogen and oxygen atoms in total. The highest BCUT2D eigenvalue weighted by molar-refractivity contribution is 5.81. The summed E-state index contributed by atoms with van der Waals surface area (Å²) in [6, 6.07) is 6.19. The van der Waals surface area contributed by atoms with Crippen LogP contribution < -0.4 is 10.1 Å². The van der Waals surface area contributed by atoms with Crippen molar-refractivity contribution < 1.29 is 9.53 Å². The van der Waals surface area contributed by atoms with Gasteiger partial charge in [-0.25, -0.2) is 0 Å². The molecule has 1 unspecified atom stereocenters. The van der Waals surface area contributed by atoms with Crippen LogP contribution in [0.1, 0.15) is 58.2 Å². The van der Waals surface area contributed by atoms with E-state index in [1.807, 2.05) is 33.8 Å². The molecule has 1 aromatic carbocycles. The monoisotopic (exact) mass is 275 g/mol. The van der Waals surface area contributed by atoms with Gasteiger partial charge in [0, 0.05) is 17.4 Å². The summed E-state index contributed by atoms with van der Waals surface area (Å²) >= 11 is 0. The van der Waals surface area contributed by atoms with Crippen LogP contribution >= 0.6 is 0 Å². The molecule has 0 aliphatic carbocycles. The molecule has 110 valence electrons. The number of hydrogen-bond donors (Lipinski definition) is 1. The zero-order valence-electron chi connectivity index (χ0n) is 13.3. The van der Waals surface area contributed by atoms with Crippen molar-refractivity contribution in [2.24, 2.45) is 5.41 Å². The number of nitrogens with one attached hydrogen (secondary N) is 1. The van der Waals surface area contributed by atoms with Gasteiger partial charge >= 0.3 is 0 Å². The Bertz CT molecular complexity index is 526. The standard InChI is InChI=1S/C17H25NO2/c1-11-7-8-12-13(18-15(19)16(2,3)4)10-17(5,6)20-14(12)9-11/h7-9,13H,10H2,1-6H3,(H,18,19). The van der Waals surface area contributed by atoms with E-state index in [0.29, 0.717) is 0 Å².